The molecule has 0 bridgehead atoms. The summed E-state index contributed by atoms with van der Waals surface area (Å²) >= 11 is 0. The molecule has 120 valence electrons. The topological polar surface area (TPSA) is 76.4 Å². The highest BCUT2D eigenvalue weighted by Crippen LogP contribution is 2.07. The number of amides is 1. The fraction of sp³-hybridized carbons (Fsp3) is 0.733. The molecule has 0 aliphatic carbocycles. The largest absolute Gasteiger partial charge is 0.447 e. The van der Waals surface area contributed by atoms with Crippen LogP contribution in [-0.2, 0) is 11.3 Å². The molecule has 1 heterocycles. The number of alkyl carbamates (subject to hydrolysis) is 1. The maximum atomic E-state index is 11.7. The summed E-state index contributed by atoms with van der Waals surface area (Å²) in [7, 11) is 0. The Morgan fingerprint density at radius 3 is 2.81 bits per heavy atom. The van der Waals surface area contributed by atoms with Crippen molar-refractivity contribution in [3.63, 3.8) is 0 Å². The molecule has 1 atom stereocenters. The van der Waals surface area contributed by atoms with Gasteiger partial charge in [-0.2, -0.15) is 0 Å². The Bertz CT molecular complexity index is 399. The second-order valence-corrected chi connectivity index (χ2v) is 6.07. The molecule has 1 unspecified atom stereocenters. The first-order chi connectivity index (χ1) is 9.90. The van der Waals surface area contributed by atoms with Crippen LogP contribution in [0, 0.1) is 0 Å². The number of ether oxygens (including phenoxy) is 1. The quantitative estimate of drug-likeness (QED) is 0.771. The zero-order valence-electron chi connectivity index (χ0n) is 13.4. The maximum Gasteiger partial charge on any atom is 0.407 e. The molecule has 0 radical (unpaired) electrons. The summed E-state index contributed by atoms with van der Waals surface area (Å²) in [6.07, 6.45) is 5.92. The number of nitrogens with one attached hydrogen (secondary N) is 2. The highest BCUT2D eigenvalue weighted by atomic mass is 16.6. The fourth-order valence-electron chi connectivity index (χ4n) is 1.82. The molecule has 0 saturated heterocycles. The molecule has 0 aromatic carbocycles. The standard InChI is InChI=1S/C15H27N3O3/c1-5-6-7-12(17-10-13-9-16-11-20-13)8-18-14(19)21-15(2,3)4/h9,11-12,17H,5-8,10H2,1-4H3,(H,18,19). The van der Waals surface area contributed by atoms with Crippen LogP contribution in [0.3, 0.4) is 0 Å². The highest BCUT2D eigenvalue weighted by Gasteiger charge is 2.17. The Morgan fingerprint density at radius 1 is 1.48 bits per heavy atom. The Labute approximate surface area is 126 Å². The molecule has 21 heavy (non-hydrogen) atoms. The SMILES string of the molecule is CCCCC(CNC(=O)OC(C)(C)C)NCc1cnco1. The Kier molecular flexibility index (Phi) is 7.22. The van der Waals surface area contributed by atoms with Crippen LogP contribution < -0.4 is 10.6 Å². The van der Waals surface area contributed by atoms with Crippen molar-refractivity contribution in [2.75, 3.05) is 6.54 Å². The van der Waals surface area contributed by atoms with E-state index in [1.165, 1.54) is 6.39 Å². The van der Waals surface area contributed by atoms with Crippen LogP contribution in [0.1, 0.15) is 52.7 Å². The lowest BCUT2D eigenvalue weighted by molar-refractivity contribution is 0.0521. The van der Waals surface area contributed by atoms with Crippen LogP contribution in [0.25, 0.3) is 0 Å². The summed E-state index contributed by atoms with van der Waals surface area (Å²) in [6, 6.07) is 0.183. The van der Waals surface area contributed by atoms with Crippen molar-refractivity contribution < 1.29 is 13.9 Å². The first kappa shape index (κ1) is 17.5. The van der Waals surface area contributed by atoms with Gasteiger partial charge < -0.3 is 19.8 Å². The summed E-state index contributed by atoms with van der Waals surface area (Å²) in [5.41, 5.74) is -0.476. The van der Waals surface area contributed by atoms with Crippen LogP contribution in [0.2, 0.25) is 0 Å². The van der Waals surface area contributed by atoms with Gasteiger partial charge in [0.1, 0.15) is 11.4 Å². The summed E-state index contributed by atoms with van der Waals surface area (Å²) in [5.74, 6) is 0.786. The lowest BCUT2D eigenvalue weighted by atomic mass is 10.1. The molecule has 0 aliphatic rings. The van der Waals surface area contributed by atoms with E-state index in [0.717, 1.165) is 25.0 Å². The van der Waals surface area contributed by atoms with Gasteiger partial charge in [0, 0.05) is 12.6 Å². The van der Waals surface area contributed by atoms with Crippen LogP contribution in [0.4, 0.5) is 4.79 Å². The van der Waals surface area contributed by atoms with E-state index in [-0.39, 0.29) is 12.1 Å². The van der Waals surface area contributed by atoms with Crippen molar-refractivity contribution in [3.05, 3.63) is 18.4 Å². The number of aromatic nitrogens is 1. The predicted octanol–water partition coefficient (Wildman–Crippen LogP) is 2.85. The molecular formula is C15H27N3O3. The minimum absolute atomic E-state index is 0.183. The summed E-state index contributed by atoms with van der Waals surface area (Å²) < 4.78 is 10.4. The number of rotatable bonds is 8. The van der Waals surface area contributed by atoms with Gasteiger partial charge in [-0.15, -0.1) is 0 Å². The van der Waals surface area contributed by atoms with Crippen molar-refractivity contribution in [2.45, 2.75) is 65.1 Å². The molecule has 1 aromatic heterocycles. The second kappa shape index (κ2) is 8.67. The van der Waals surface area contributed by atoms with Gasteiger partial charge in [-0.25, -0.2) is 9.78 Å². The molecule has 0 spiro atoms. The van der Waals surface area contributed by atoms with Gasteiger partial charge in [-0.1, -0.05) is 19.8 Å². The number of carbonyl (C=O) groups excluding carboxylic acids is 1. The van der Waals surface area contributed by atoms with E-state index in [0.29, 0.717) is 13.1 Å². The third kappa shape index (κ3) is 8.34. The van der Waals surface area contributed by atoms with Gasteiger partial charge in [0.05, 0.1) is 12.7 Å². The Morgan fingerprint density at radius 2 is 2.24 bits per heavy atom. The van der Waals surface area contributed by atoms with Crippen molar-refractivity contribution in [2.24, 2.45) is 0 Å². The predicted molar refractivity (Wildman–Crippen MR) is 80.9 cm³/mol. The van der Waals surface area contributed by atoms with Crippen LogP contribution in [0.5, 0.6) is 0 Å². The van der Waals surface area contributed by atoms with Crippen molar-refractivity contribution in [1.29, 1.82) is 0 Å². The summed E-state index contributed by atoms with van der Waals surface area (Å²) in [4.78, 5) is 15.6. The van der Waals surface area contributed by atoms with Gasteiger partial charge in [-0.3, -0.25) is 0 Å². The first-order valence-electron chi connectivity index (χ1n) is 7.48. The molecule has 1 amide bonds. The van der Waals surface area contributed by atoms with Crippen LogP contribution in [0.15, 0.2) is 17.0 Å². The Balaban J connectivity index is 2.36. The molecule has 0 saturated carbocycles. The van der Waals surface area contributed by atoms with Crippen molar-refractivity contribution in [3.8, 4) is 0 Å². The lowest BCUT2D eigenvalue weighted by Crippen LogP contribution is -2.42. The number of carbonyl (C=O) groups is 1. The highest BCUT2D eigenvalue weighted by molar-refractivity contribution is 5.67. The third-order valence-electron chi connectivity index (χ3n) is 2.85. The third-order valence-corrected chi connectivity index (χ3v) is 2.85. The minimum Gasteiger partial charge on any atom is -0.447 e. The normalized spacial score (nSPS) is 13.0. The first-order valence-corrected chi connectivity index (χ1v) is 7.48. The van der Waals surface area contributed by atoms with Gasteiger partial charge >= 0.3 is 6.09 Å². The summed E-state index contributed by atoms with van der Waals surface area (Å²) in [6.45, 7) is 8.83. The molecule has 2 N–H and O–H groups in total. The van der Waals surface area contributed by atoms with E-state index in [9.17, 15) is 4.79 Å². The fourth-order valence-corrected chi connectivity index (χ4v) is 1.82. The molecular weight excluding hydrogens is 270 g/mol. The van der Waals surface area contributed by atoms with Crippen LogP contribution >= 0.6 is 0 Å². The number of oxazole rings is 1. The van der Waals surface area contributed by atoms with E-state index in [1.54, 1.807) is 6.20 Å². The van der Waals surface area contributed by atoms with Gasteiger partial charge in [0.15, 0.2) is 6.39 Å². The van der Waals surface area contributed by atoms with Gasteiger partial charge in [0.2, 0.25) is 0 Å². The second-order valence-electron chi connectivity index (χ2n) is 6.07. The smallest absolute Gasteiger partial charge is 0.407 e. The van der Waals surface area contributed by atoms with Gasteiger partial charge in [-0.05, 0) is 27.2 Å². The number of unbranched alkanes of at least 4 members (excludes halogenated alkanes) is 1. The average Bonchev–Trinajstić information content (AvgIpc) is 2.89. The molecule has 0 aliphatic heterocycles. The molecule has 6 nitrogen and oxygen atoms in total. The van der Waals surface area contributed by atoms with E-state index >= 15 is 0 Å². The van der Waals surface area contributed by atoms with Crippen molar-refractivity contribution >= 4 is 6.09 Å². The van der Waals surface area contributed by atoms with Gasteiger partial charge in [0.25, 0.3) is 0 Å². The van der Waals surface area contributed by atoms with E-state index in [4.69, 9.17) is 9.15 Å². The van der Waals surface area contributed by atoms with E-state index in [1.807, 2.05) is 20.8 Å². The monoisotopic (exact) mass is 297 g/mol. The minimum atomic E-state index is -0.476. The lowest BCUT2D eigenvalue weighted by Gasteiger charge is -2.22. The maximum absolute atomic E-state index is 11.7. The zero-order valence-corrected chi connectivity index (χ0v) is 13.4. The van der Waals surface area contributed by atoms with E-state index < -0.39 is 5.60 Å². The van der Waals surface area contributed by atoms with Crippen LogP contribution in [-0.4, -0.2) is 29.3 Å². The molecule has 1 aromatic rings. The van der Waals surface area contributed by atoms with E-state index in [2.05, 4.69) is 22.5 Å². The summed E-state index contributed by atoms with van der Waals surface area (Å²) in [5, 5.41) is 6.18. The number of hydrogen-bond donors (Lipinski definition) is 2. The molecule has 6 heteroatoms. The molecule has 1 rings (SSSR count). The Hall–Kier alpha value is -1.56. The zero-order chi connectivity index (χ0) is 15.7. The number of nitrogens with zero attached hydrogens (tertiary/aromatic N) is 1. The average molecular weight is 297 g/mol. The number of hydrogen-bond acceptors (Lipinski definition) is 5. The molecule has 0 fully saturated rings. The van der Waals surface area contributed by atoms with Crippen molar-refractivity contribution in [1.82, 2.24) is 15.6 Å².